The molecule has 0 aliphatic rings. The van der Waals surface area contributed by atoms with Gasteiger partial charge in [0.05, 0.1) is 0 Å². The molecule has 0 aromatic carbocycles. The molecule has 0 bridgehead atoms. The molecule has 0 amide bonds. The van der Waals surface area contributed by atoms with Gasteiger partial charge in [-0.05, 0) is 0 Å². The summed E-state index contributed by atoms with van der Waals surface area (Å²) in [4.78, 5) is 0. The first-order chi connectivity index (χ1) is 5.39. The van der Waals surface area contributed by atoms with Gasteiger partial charge in [-0.25, -0.2) is 0 Å². The van der Waals surface area contributed by atoms with Crippen LogP contribution in [0, 0.1) is 0 Å². The third-order valence-corrected chi connectivity index (χ3v) is 10.5. The second-order valence-corrected chi connectivity index (χ2v) is 10.7. The molecule has 0 spiro atoms. The Morgan fingerprint density at radius 2 is 1.08 bits per heavy atom. The van der Waals surface area contributed by atoms with Crippen LogP contribution in [0.15, 0.2) is 0 Å². The van der Waals surface area contributed by atoms with Crippen LogP contribution in [0.2, 0.25) is 0 Å². The van der Waals surface area contributed by atoms with E-state index in [1.165, 1.54) is 0 Å². The summed E-state index contributed by atoms with van der Waals surface area (Å²) >= 11 is 0. The summed E-state index contributed by atoms with van der Waals surface area (Å²) in [6.45, 7) is 13.6. The van der Waals surface area contributed by atoms with Crippen molar-refractivity contribution in [2.75, 3.05) is 6.35 Å². The van der Waals surface area contributed by atoms with Gasteiger partial charge >= 0.3 is 77.2 Å². The molecule has 0 aromatic heterocycles. The fourth-order valence-corrected chi connectivity index (χ4v) is 7.64. The van der Waals surface area contributed by atoms with E-state index in [0.717, 1.165) is 0 Å². The summed E-state index contributed by atoms with van der Waals surface area (Å²) in [5, 5.41) is 9.55. The van der Waals surface area contributed by atoms with Crippen molar-refractivity contribution in [2.24, 2.45) is 0 Å². The second-order valence-electron chi connectivity index (χ2n) is 4.73. The molecular weight excluding hydrogens is 167 g/mol. The molecule has 1 N–H and O–H groups in total. The zero-order valence-corrected chi connectivity index (χ0v) is 10.4. The van der Waals surface area contributed by atoms with Crippen molar-refractivity contribution in [3.05, 3.63) is 0 Å². The van der Waals surface area contributed by atoms with Gasteiger partial charge in [0.15, 0.2) is 0 Å². The molecule has 1 nitrogen and oxygen atoms in total. The van der Waals surface area contributed by atoms with Crippen LogP contribution in [-0.2, 0) is 0 Å². The minimum absolute atomic E-state index is 0.444. The zero-order chi connectivity index (χ0) is 9.94. The summed E-state index contributed by atoms with van der Waals surface area (Å²) in [6, 6.07) is 0. The van der Waals surface area contributed by atoms with Crippen molar-refractivity contribution in [3.8, 4) is 0 Å². The Labute approximate surface area is 77.9 Å². The van der Waals surface area contributed by atoms with E-state index in [1.54, 1.807) is 0 Å². The molecule has 0 unspecified atom stereocenters. The number of hydrogen-bond donors (Lipinski definition) is 1. The average molecular weight is 192 g/mol. The van der Waals surface area contributed by atoms with Crippen molar-refractivity contribution in [1.29, 1.82) is 0 Å². The van der Waals surface area contributed by atoms with E-state index < -0.39 is 7.26 Å². The van der Waals surface area contributed by atoms with Crippen LogP contribution in [0.5, 0.6) is 0 Å². The van der Waals surface area contributed by atoms with Gasteiger partial charge in [-0.1, -0.05) is 0 Å². The third kappa shape index (κ3) is 2.00. The Kier molecular flexibility index (Phi) is 4.73. The standard InChI is InChI=1S/C10H25OP/c1-8(2)12(7-11,9(3)4)10(5)6/h8-12H,7H2,1-6H3. The third-order valence-electron chi connectivity index (χ3n) is 3.50. The zero-order valence-electron chi connectivity index (χ0n) is 9.39. The first-order valence-electron chi connectivity index (χ1n) is 5.00. The Morgan fingerprint density at radius 1 is 0.833 bits per heavy atom. The molecule has 2 heteroatoms. The van der Waals surface area contributed by atoms with Gasteiger partial charge < -0.3 is 0 Å². The van der Waals surface area contributed by atoms with E-state index in [1.807, 2.05) is 0 Å². The van der Waals surface area contributed by atoms with Gasteiger partial charge in [-0.15, -0.1) is 0 Å². The van der Waals surface area contributed by atoms with Crippen molar-refractivity contribution in [2.45, 2.75) is 58.5 Å². The molecule has 0 heterocycles. The van der Waals surface area contributed by atoms with Gasteiger partial charge in [-0.3, -0.25) is 0 Å². The predicted molar refractivity (Wildman–Crippen MR) is 60.8 cm³/mol. The fourth-order valence-electron chi connectivity index (χ4n) is 2.55. The van der Waals surface area contributed by atoms with Crippen LogP contribution in [0.1, 0.15) is 41.5 Å². The van der Waals surface area contributed by atoms with E-state index in [9.17, 15) is 5.11 Å². The topological polar surface area (TPSA) is 20.2 Å². The summed E-state index contributed by atoms with van der Waals surface area (Å²) in [5.74, 6) is 0. The second kappa shape index (κ2) is 4.58. The summed E-state index contributed by atoms with van der Waals surface area (Å²) in [5.41, 5.74) is 2.05. The van der Waals surface area contributed by atoms with E-state index in [4.69, 9.17) is 0 Å². The first-order valence-corrected chi connectivity index (χ1v) is 7.44. The molecule has 0 rings (SSSR count). The van der Waals surface area contributed by atoms with E-state index in [-0.39, 0.29) is 0 Å². The number of rotatable bonds is 4. The van der Waals surface area contributed by atoms with Gasteiger partial charge in [0.2, 0.25) is 0 Å². The molecule has 0 saturated heterocycles. The van der Waals surface area contributed by atoms with E-state index >= 15 is 0 Å². The maximum atomic E-state index is 9.55. The molecule has 0 saturated carbocycles. The quantitative estimate of drug-likeness (QED) is 0.679. The Morgan fingerprint density at radius 3 is 1.08 bits per heavy atom. The van der Waals surface area contributed by atoms with Gasteiger partial charge in [0, 0.05) is 0 Å². The molecule has 0 aromatic rings. The first kappa shape index (κ1) is 12.4. The number of aliphatic hydroxyl groups excluding tert-OH is 1. The van der Waals surface area contributed by atoms with Crippen molar-refractivity contribution >= 4 is 7.26 Å². The van der Waals surface area contributed by atoms with Crippen LogP contribution in [-0.4, -0.2) is 28.4 Å². The summed E-state index contributed by atoms with van der Waals surface area (Å²) in [7, 11) is -1.45. The molecule has 12 heavy (non-hydrogen) atoms. The molecular formula is C10H25OP. The Hall–Kier alpha value is 0.390. The van der Waals surface area contributed by atoms with Crippen LogP contribution in [0.4, 0.5) is 0 Å². The fraction of sp³-hybridized carbons (Fsp3) is 1.00. The predicted octanol–water partition coefficient (Wildman–Crippen LogP) is 2.91. The van der Waals surface area contributed by atoms with Crippen LogP contribution >= 0.6 is 7.26 Å². The molecule has 0 aliphatic heterocycles. The Bertz CT molecular complexity index is 108. The average Bonchev–Trinajstić information content (AvgIpc) is 1.86. The molecule has 0 radical (unpaired) electrons. The van der Waals surface area contributed by atoms with E-state index in [0.29, 0.717) is 23.3 Å². The molecule has 0 fully saturated rings. The Balaban J connectivity index is 4.77. The maximum absolute atomic E-state index is 9.55. The van der Waals surface area contributed by atoms with Crippen LogP contribution in [0.25, 0.3) is 0 Å². The van der Waals surface area contributed by atoms with Crippen molar-refractivity contribution in [1.82, 2.24) is 0 Å². The monoisotopic (exact) mass is 192 g/mol. The number of hydrogen-bond acceptors (Lipinski definition) is 1. The van der Waals surface area contributed by atoms with Gasteiger partial charge in [0.1, 0.15) is 0 Å². The molecule has 0 atom stereocenters. The van der Waals surface area contributed by atoms with Crippen LogP contribution < -0.4 is 0 Å². The molecule has 0 aliphatic carbocycles. The van der Waals surface area contributed by atoms with Gasteiger partial charge in [-0.2, -0.15) is 0 Å². The van der Waals surface area contributed by atoms with Crippen molar-refractivity contribution in [3.63, 3.8) is 0 Å². The summed E-state index contributed by atoms with van der Waals surface area (Å²) in [6.07, 6.45) is 0.444. The molecule has 76 valence electrons. The number of aliphatic hydroxyl groups is 1. The van der Waals surface area contributed by atoms with Gasteiger partial charge in [0.25, 0.3) is 0 Å². The van der Waals surface area contributed by atoms with Crippen LogP contribution in [0.3, 0.4) is 0 Å². The normalized spacial score (nSPS) is 14.8. The minimum atomic E-state index is -1.45. The van der Waals surface area contributed by atoms with E-state index in [2.05, 4.69) is 41.5 Å². The van der Waals surface area contributed by atoms with Crippen molar-refractivity contribution < 1.29 is 5.11 Å². The summed E-state index contributed by atoms with van der Waals surface area (Å²) < 4.78 is 0. The SMILES string of the molecule is CC(C)[PH](CO)(C(C)C)C(C)C.